The van der Waals surface area contributed by atoms with Crippen LogP contribution in [0.1, 0.15) is 37.5 Å². The van der Waals surface area contributed by atoms with Crippen molar-refractivity contribution < 1.29 is 14.3 Å². The van der Waals surface area contributed by atoms with Crippen molar-refractivity contribution in [3.05, 3.63) is 71.4 Å². The van der Waals surface area contributed by atoms with Crippen LogP contribution in [0.15, 0.2) is 54.7 Å². The first-order chi connectivity index (χ1) is 14.8. The van der Waals surface area contributed by atoms with Crippen LogP contribution < -0.4 is 14.8 Å². The van der Waals surface area contributed by atoms with Crippen LogP contribution in [0, 0.1) is 11.3 Å². The Morgan fingerprint density at radius 2 is 1.87 bits per heavy atom. The van der Waals surface area contributed by atoms with Gasteiger partial charge in [0.15, 0.2) is 18.1 Å². The fourth-order valence-corrected chi connectivity index (χ4v) is 3.03. The SMILES string of the molecule is COc1cc(C#N)ccc1OCC(=O)Nc1ccnn1Cc1ccc(C(C)(C)C)cc1. The summed E-state index contributed by atoms with van der Waals surface area (Å²) in [5, 5.41) is 16.1. The number of rotatable bonds is 7. The number of methoxy groups -OCH3 is 1. The van der Waals surface area contributed by atoms with E-state index in [1.54, 1.807) is 35.1 Å². The molecule has 0 atom stereocenters. The molecule has 160 valence electrons. The highest BCUT2D eigenvalue weighted by Gasteiger charge is 2.14. The molecule has 31 heavy (non-hydrogen) atoms. The zero-order valence-electron chi connectivity index (χ0n) is 18.2. The molecule has 1 amide bonds. The third kappa shape index (κ3) is 5.64. The lowest BCUT2D eigenvalue weighted by Gasteiger charge is -2.19. The van der Waals surface area contributed by atoms with Crippen molar-refractivity contribution in [1.29, 1.82) is 5.26 Å². The van der Waals surface area contributed by atoms with E-state index >= 15 is 0 Å². The maximum atomic E-state index is 12.4. The van der Waals surface area contributed by atoms with E-state index in [1.165, 1.54) is 12.7 Å². The van der Waals surface area contributed by atoms with Gasteiger partial charge in [0.2, 0.25) is 0 Å². The maximum absolute atomic E-state index is 12.4. The molecule has 7 heteroatoms. The summed E-state index contributed by atoms with van der Waals surface area (Å²) in [6.45, 7) is 6.88. The Bertz CT molecular complexity index is 1090. The van der Waals surface area contributed by atoms with E-state index in [1.807, 2.05) is 6.07 Å². The zero-order valence-corrected chi connectivity index (χ0v) is 18.2. The number of anilines is 1. The van der Waals surface area contributed by atoms with E-state index in [9.17, 15) is 4.79 Å². The number of carbonyl (C=O) groups excluding carboxylic acids is 1. The number of amides is 1. The lowest BCUT2D eigenvalue weighted by molar-refractivity contribution is -0.118. The Kier molecular flexibility index (Phi) is 6.61. The zero-order chi connectivity index (χ0) is 22.4. The van der Waals surface area contributed by atoms with Crippen LogP contribution in [-0.4, -0.2) is 29.4 Å². The largest absolute Gasteiger partial charge is 0.493 e. The summed E-state index contributed by atoms with van der Waals surface area (Å²) in [5.41, 5.74) is 2.90. The Morgan fingerprint density at radius 1 is 1.13 bits per heavy atom. The average molecular weight is 418 g/mol. The molecule has 0 unspecified atom stereocenters. The van der Waals surface area contributed by atoms with Gasteiger partial charge in [0.1, 0.15) is 5.82 Å². The van der Waals surface area contributed by atoms with Crippen LogP contribution >= 0.6 is 0 Å². The summed E-state index contributed by atoms with van der Waals surface area (Å²) in [6, 6.07) is 16.9. The first kappa shape index (κ1) is 21.9. The number of benzene rings is 2. The summed E-state index contributed by atoms with van der Waals surface area (Å²) in [7, 11) is 1.48. The lowest BCUT2D eigenvalue weighted by Crippen LogP contribution is -2.22. The van der Waals surface area contributed by atoms with Crippen LogP contribution in [0.4, 0.5) is 5.82 Å². The van der Waals surface area contributed by atoms with Crippen molar-refractivity contribution in [3.8, 4) is 17.6 Å². The number of nitriles is 1. The molecule has 0 spiro atoms. The number of ether oxygens (including phenoxy) is 2. The van der Waals surface area contributed by atoms with Crippen molar-refractivity contribution in [2.75, 3.05) is 19.0 Å². The number of hydrogen-bond acceptors (Lipinski definition) is 5. The summed E-state index contributed by atoms with van der Waals surface area (Å²) in [4.78, 5) is 12.4. The fraction of sp³-hybridized carbons (Fsp3) is 0.292. The normalized spacial score (nSPS) is 10.9. The summed E-state index contributed by atoms with van der Waals surface area (Å²) >= 11 is 0. The Labute approximate surface area is 182 Å². The van der Waals surface area contributed by atoms with Crippen molar-refractivity contribution in [3.63, 3.8) is 0 Å². The highest BCUT2D eigenvalue weighted by Crippen LogP contribution is 2.28. The van der Waals surface area contributed by atoms with Crippen LogP contribution in [0.3, 0.4) is 0 Å². The maximum Gasteiger partial charge on any atom is 0.263 e. The number of hydrogen-bond donors (Lipinski definition) is 1. The van der Waals surface area contributed by atoms with E-state index in [2.05, 4.69) is 55.5 Å². The van der Waals surface area contributed by atoms with Crippen LogP contribution in [-0.2, 0) is 16.8 Å². The molecule has 0 aliphatic heterocycles. The van der Waals surface area contributed by atoms with E-state index < -0.39 is 0 Å². The van der Waals surface area contributed by atoms with Crippen molar-refractivity contribution >= 4 is 11.7 Å². The minimum absolute atomic E-state index is 0.0982. The quantitative estimate of drug-likeness (QED) is 0.623. The molecule has 0 bridgehead atoms. The topological polar surface area (TPSA) is 89.2 Å². The second-order valence-electron chi connectivity index (χ2n) is 8.14. The summed E-state index contributed by atoms with van der Waals surface area (Å²) in [6.07, 6.45) is 1.64. The molecule has 0 fully saturated rings. The molecule has 3 aromatic rings. The van der Waals surface area contributed by atoms with Gasteiger partial charge in [0.05, 0.1) is 31.5 Å². The van der Waals surface area contributed by atoms with E-state index in [-0.39, 0.29) is 17.9 Å². The molecule has 0 aliphatic rings. The van der Waals surface area contributed by atoms with Crippen molar-refractivity contribution in [1.82, 2.24) is 9.78 Å². The van der Waals surface area contributed by atoms with Crippen LogP contribution in [0.25, 0.3) is 0 Å². The molecule has 1 heterocycles. The summed E-state index contributed by atoms with van der Waals surface area (Å²) in [5.74, 6) is 1.05. The van der Waals surface area contributed by atoms with Crippen molar-refractivity contribution in [2.24, 2.45) is 0 Å². The third-order valence-electron chi connectivity index (χ3n) is 4.79. The highest BCUT2D eigenvalue weighted by atomic mass is 16.5. The minimum Gasteiger partial charge on any atom is -0.493 e. The molecular weight excluding hydrogens is 392 g/mol. The van der Waals surface area contributed by atoms with Gasteiger partial charge in [-0.15, -0.1) is 0 Å². The third-order valence-corrected chi connectivity index (χ3v) is 4.79. The van der Waals surface area contributed by atoms with Gasteiger partial charge in [-0.1, -0.05) is 45.0 Å². The van der Waals surface area contributed by atoms with Gasteiger partial charge in [0.25, 0.3) is 5.91 Å². The van der Waals surface area contributed by atoms with Crippen LogP contribution in [0.2, 0.25) is 0 Å². The van der Waals surface area contributed by atoms with Gasteiger partial charge in [-0.2, -0.15) is 10.4 Å². The first-order valence-corrected chi connectivity index (χ1v) is 9.92. The monoisotopic (exact) mass is 418 g/mol. The van der Waals surface area contributed by atoms with E-state index in [0.29, 0.717) is 29.4 Å². The van der Waals surface area contributed by atoms with Gasteiger partial charge < -0.3 is 14.8 Å². The molecule has 0 saturated carbocycles. The predicted octanol–water partition coefficient (Wildman–Crippen LogP) is 4.13. The smallest absolute Gasteiger partial charge is 0.263 e. The lowest BCUT2D eigenvalue weighted by atomic mass is 9.87. The van der Waals surface area contributed by atoms with E-state index in [0.717, 1.165) is 5.56 Å². The van der Waals surface area contributed by atoms with Gasteiger partial charge >= 0.3 is 0 Å². The molecule has 7 nitrogen and oxygen atoms in total. The molecule has 0 saturated heterocycles. The molecule has 0 aliphatic carbocycles. The Morgan fingerprint density at radius 3 is 2.52 bits per heavy atom. The van der Waals surface area contributed by atoms with E-state index in [4.69, 9.17) is 14.7 Å². The van der Waals surface area contributed by atoms with Gasteiger partial charge in [-0.25, -0.2) is 4.68 Å². The Hall–Kier alpha value is -3.79. The van der Waals surface area contributed by atoms with Crippen LogP contribution in [0.5, 0.6) is 11.5 Å². The summed E-state index contributed by atoms with van der Waals surface area (Å²) < 4.78 is 12.5. The first-order valence-electron chi connectivity index (χ1n) is 9.92. The number of aromatic nitrogens is 2. The molecule has 3 rings (SSSR count). The number of nitrogens with one attached hydrogen (secondary N) is 1. The molecular formula is C24H26N4O3. The predicted molar refractivity (Wildman–Crippen MR) is 118 cm³/mol. The fourth-order valence-electron chi connectivity index (χ4n) is 3.03. The number of carbonyl (C=O) groups is 1. The Balaban J connectivity index is 1.61. The van der Waals surface area contributed by atoms with Crippen molar-refractivity contribution in [2.45, 2.75) is 32.7 Å². The molecule has 1 N–H and O–H groups in total. The highest BCUT2D eigenvalue weighted by molar-refractivity contribution is 5.91. The molecule has 2 aromatic carbocycles. The standard InChI is InChI=1S/C24H26N4O3/c1-24(2,3)19-8-5-17(6-9-19)15-28-22(11-12-26-28)27-23(29)16-31-20-10-7-18(14-25)13-21(20)30-4/h5-13H,15-16H2,1-4H3,(H,27,29). The number of nitrogens with zero attached hydrogens (tertiary/aromatic N) is 3. The molecule has 1 aromatic heterocycles. The minimum atomic E-state index is -0.323. The average Bonchev–Trinajstić information content (AvgIpc) is 3.18. The second kappa shape index (κ2) is 9.35. The second-order valence-corrected chi connectivity index (χ2v) is 8.14. The van der Waals surface area contributed by atoms with Gasteiger partial charge in [-0.3, -0.25) is 4.79 Å². The van der Waals surface area contributed by atoms with Gasteiger partial charge in [0, 0.05) is 12.1 Å². The molecule has 0 radical (unpaired) electrons. The van der Waals surface area contributed by atoms with Gasteiger partial charge in [-0.05, 0) is 28.7 Å².